The fraction of sp³-hybridized carbons (Fsp3) is 0.571. The normalized spacial score (nSPS) is 11.8. The van der Waals surface area contributed by atoms with E-state index in [-0.39, 0.29) is 11.2 Å². The second-order valence-corrected chi connectivity index (χ2v) is 5.90. The molecule has 1 nitrogen and oxygen atoms in total. The number of hydrogen-bond donors (Lipinski definition) is 1. The maximum atomic E-state index is 13.2. The Hall–Kier alpha value is -0.120. The standard InChI is InChI=1S/C14H20BrClFN/c1-3-14(4-2,9-16)10-18-8-11-5-12(15)7-13(17)6-11/h5-7,18H,3-4,8-10H2,1-2H3. The molecule has 18 heavy (non-hydrogen) atoms. The van der Waals surface area contributed by atoms with Gasteiger partial charge in [0.05, 0.1) is 0 Å². The van der Waals surface area contributed by atoms with Crippen LogP contribution in [0.2, 0.25) is 0 Å². The van der Waals surface area contributed by atoms with Crippen molar-refractivity contribution in [2.45, 2.75) is 33.2 Å². The first-order valence-corrected chi connectivity index (χ1v) is 7.59. The highest BCUT2D eigenvalue weighted by Gasteiger charge is 2.24. The molecule has 0 atom stereocenters. The molecule has 0 amide bonds. The molecule has 0 aromatic heterocycles. The van der Waals surface area contributed by atoms with Gasteiger partial charge in [-0.3, -0.25) is 0 Å². The third kappa shape index (κ3) is 4.52. The Morgan fingerprint density at radius 1 is 1.28 bits per heavy atom. The van der Waals surface area contributed by atoms with E-state index in [1.807, 2.05) is 6.07 Å². The Morgan fingerprint density at radius 3 is 2.44 bits per heavy atom. The molecule has 0 radical (unpaired) electrons. The molecule has 0 saturated carbocycles. The predicted octanol–water partition coefficient (Wildman–Crippen LogP) is 4.72. The van der Waals surface area contributed by atoms with Crippen LogP contribution in [-0.2, 0) is 6.54 Å². The number of hydrogen-bond acceptors (Lipinski definition) is 1. The van der Waals surface area contributed by atoms with Crippen LogP contribution in [0.3, 0.4) is 0 Å². The van der Waals surface area contributed by atoms with E-state index in [1.54, 1.807) is 6.07 Å². The summed E-state index contributed by atoms with van der Waals surface area (Å²) in [5, 5.41) is 3.38. The molecule has 102 valence electrons. The minimum atomic E-state index is -0.212. The van der Waals surface area contributed by atoms with Gasteiger partial charge in [0.15, 0.2) is 0 Å². The molecule has 0 unspecified atom stereocenters. The van der Waals surface area contributed by atoms with Crippen molar-refractivity contribution in [1.29, 1.82) is 0 Å². The lowest BCUT2D eigenvalue weighted by molar-refractivity contribution is 0.286. The van der Waals surface area contributed by atoms with Gasteiger partial charge in [-0.2, -0.15) is 0 Å². The minimum Gasteiger partial charge on any atom is -0.312 e. The maximum Gasteiger partial charge on any atom is 0.124 e. The molecule has 0 spiro atoms. The lowest BCUT2D eigenvalue weighted by Crippen LogP contribution is -2.34. The second kappa shape index (κ2) is 7.46. The Morgan fingerprint density at radius 2 is 1.94 bits per heavy atom. The van der Waals surface area contributed by atoms with Crippen LogP contribution in [0.25, 0.3) is 0 Å². The van der Waals surface area contributed by atoms with Gasteiger partial charge in [-0.1, -0.05) is 29.8 Å². The molecule has 1 N–H and O–H groups in total. The highest BCUT2D eigenvalue weighted by Crippen LogP contribution is 2.27. The molecule has 0 aliphatic heterocycles. The van der Waals surface area contributed by atoms with Crippen molar-refractivity contribution in [3.05, 3.63) is 34.1 Å². The van der Waals surface area contributed by atoms with Gasteiger partial charge in [-0.25, -0.2) is 4.39 Å². The molecule has 0 saturated heterocycles. The van der Waals surface area contributed by atoms with Crippen LogP contribution in [0.1, 0.15) is 32.3 Å². The topological polar surface area (TPSA) is 12.0 Å². The van der Waals surface area contributed by atoms with Gasteiger partial charge < -0.3 is 5.32 Å². The van der Waals surface area contributed by atoms with E-state index in [9.17, 15) is 4.39 Å². The lowest BCUT2D eigenvalue weighted by atomic mass is 9.84. The highest BCUT2D eigenvalue weighted by atomic mass is 79.9. The predicted molar refractivity (Wildman–Crippen MR) is 79.5 cm³/mol. The summed E-state index contributed by atoms with van der Waals surface area (Å²) in [5.41, 5.74) is 1.09. The molecule has 0 heterocycles. The van der Waals surface area contributed by atoms with Crippen molar-refractivity contribution >= 4 is 27.5 Å². The zero-order chi connectivity index (χ0) is 13.6. The van der Waals surface area contributed by atoms with Gasteiger partial charge >= 0.3 is 0 Å². The average Bonchev–Trinajstić information content (AvgIpc) is 2.34. The average molecular weight is 337 g/mol. The molecule has 0 fully saturated rings. The third-order valence-corrected chi connectivity index (χ3v) is 4.56. The van der Waals surface area contributed by atoms with E-state index in [0.29, 0.717) is 12.4 Å². The van der Waals surface area contributed by atoms with E-state index >= 15 is 0 Å². The number of halogens is 3. The summed E-state index contributed by atoms with van der Waals surface area (Å²) in [4.78, 5) is 0. The van der Waals surface area contributed by atoms with E-state index in [2.05, 4.69) is 35.1 Å². The van der Waals surface area contributed by atoms with Gasteiger partial charge in [-0.05, 0) is 42.0 Å². The fourth-order valence-corrected chi connectivity index (χ4v) is 2.91. The zero-order valence-electron chi connectivity index (χ0n) is 10.9. The molecule has 4 heteroatoms. The Balaban J connectivity index is 2.55. The van der Waals surface area contributed by atoms with Crippen molar-refractivity contribution in [2.24, 2.45) is 5.41 Å². The Kier molecular flexibility index (Phi) is 6.61. The summed E-state index contributed by atoms with van der Waals surface area (Å²) >= 11 is 9.35. The molecule has 1 aromatic carbocycles. The number of rotatable bonds is 7. The summed E-state index contributed by atoms with van der Waals surface area (Å²) < 4.78 is 14.0. The van der Waals surface area contributed by atoms with E-state index < -0.39 is 0 Å². The summed E-state index contributed by atoms with van der Waals surface area (Å²) in [6.07, 6.45) is 2.10. The van der Waals surface area contributed by atoms with Gasteiger partial charge in [0.1, 0.15) is 5.82 Å². The first-order chi connectivity index (χ1) is 8.55. The zero-order valence-corrected chi connectivity index (χ0v) is 13.2. The van der Waals surface area contributed by atoms with Crippen LogP contribution >= 0.6 is 27.5 Å². The van der Waals surface area contributed by atoms with E-state index in [1.165, 1.54) is 6.07 Å². The molecule has 1 aromatic rings. The van der Waals surface area contributed by atoms with Crippen LogP contribution < -0.4 is 5.32 Å². The first kappa shape index (κ1) is 15.9. The van der Waals surface area contributed by atoms with Crippen molar-refractivity contribution < 1.29 is 4.39 Å². The molecule has 0 aliphatic rings. The Bertz CT molecular complexity index is 352. The number of alkyl halides is 1. The summed E-state index contributed by atoms with van der Waals surface area (Å²) in [6.45, 7) is 5.84. The first-order valence-electron chi connectivity index (χ1n) is 6.27. The fourth-order valence-electron chi connectivity index (χ4n) is 1.92. The van der Waals surface area contributed by atoms with Gasteiger partial charge in [0, 0.05) is 23.4 Å². The SMILES string of the molecule is CCC(CC)(CCl)CNCc1cc(F)cc(Br)c1. The number of benzene rings is 1. The van der Waals surface area contributed by atoms with Crippen LogP contribution in [-0.4, -0.2) is 12.4 Å². The van der Waals surface area contributed by atoms with Crippen molar-refractivity contribution in [3.8, 4) is 0 Å². The van der Waals surface area contributed by atoms with Gasteiger partial charge in [0.2, 0.25) is 0 Å². The lowest BCUT2D eigenvalue weighted by Gasteiger charge is -2.29. The van der Waals surface area contributed by atoms with Crippen LogP contribution in [0.5, 0.6) is 0 Å². The van der Waals surface area contributed by atoms with Crippen molar-refractivity contribution in [3.63, 3.8) is 0 Å². The monoisotopic (exact) mass is 335 g/mol. The summed E-state index contributed by atoms with van der Waals surface area (Å²) in [5.74, 6) is 0.440. The maximum absolute atomic E-state index is 13.2. The third-order valence-electron chi connectivity index (χ3n) is 3.53. The second-order valence-electron chi connectivity index (χ2n) is 4.72. The van der Waals surface area contributed by atoms with Gasteiger partial charge in [-0.15, -0.1) is 11.6 Å². The quantitative estimate of drug-likeness (QED) is 0.710. The van der Waals surface area contributed by atoms with Crippen molar-refractivity contribution in [1.82, 2.24) is 5.32 Å². The smallest absolute Gasteiger partial charge is 0.124 e. The van der Waals surface area contributed by atoms with E-state index in [0.717, 1.165) is 29.4 Å². The summed E-state index contributed by atoms with van der Waals surface area (Å²) in [6, 6.07) is 4.94. The summed E-state index contributed by atoms with van der Waals surface area (Å²) in [7, 11) is 0. The molecule has 1 rings (SSSR count). The molecule has 0 aliphatic carbocycles. The van der Waals surface area contributed by atoms with Crippen LogP contribution in [0.4, 0.5) is 4.39 Å². The van der Waals surface area contributed by atoms with Crippen LogP contribution in [0, 0.1) is 11.2 Å². The number of nitrogens with one attached hydrogen (secondary N) is 1. The molecule has 0 bridgehead atoms. The minimum absolute atomic E-state index is 0.145. The van der Waals surface area contributed by atoms with E-state index in [4.69, 9.17) is 11.6 Å². The molecular weight excluding hydrogens is 317 g/mol. The Labute approximate surface area is 122 Å². The largest absolute Gasteiger partial charge is 0.312 e. The molecular formula is C14H20BrClFN. The highest BCUT2D eigenvalue weighted by molar-refractivity contribution is 9.10. The van der Waals surface area contributed by atoms with Crippen molar-refractivity contribution in [2.75, 3.05) is 12.4 Å². The van der Waals surface area contributed by atoms with Crippen LogP contribution in [0.15, 0.2) is 22.7 Å². The van der Waals surface area contributed by atoms with Gasteiger partial charge in [0.25, 0.3) is 0 Å².